The van der Waals surface area contributed by atoms with Crippen molar-refractivity contribution in [1.82, 2.24) is 20.3 Å². The van der Waals surface area contributed by atoms with Crippen molar-refractivity contribution >= 4 is 39.9 Å². The topological polar surface area (TPSA) is 121 Å². The number of carbonyl (C=O) groups is 1. The monoisotopic (exact) mass is 497 g/mol. The second-order valence-electron chi connectivity index (χ2n) is 9.00. The first-order valence-electron chi connectivity index (χ1n) is 11.5. The lowest BCUT2D eigenvalue weighted by atomic mass is 10.0. The van der Waals surface area contributed by atoms with Crippen molar-refractivity contribution in [2.45, 2.75) is 32.9 Å². The second-order valence-corrected chi connectivity index (χ2v) is 9.44. The molecule has 0 spiro atoms. The molecule has 0 aliphatic carbocycles. The highest BCUT2D eigenvalue weighted by atomic mass is 35.5. The number of aryl methyl sites for hydroxylation is 2. The first kappa shape index (κ1) is 23.5. The predicted octanol–water partition coefficient (Wildman–Crippen LogP) is 4.17. The van der Waals surface area contributed by atoms with Crippen molar-refractivity contribution in [2.24, 2.45) is 0 Å². The summed E-state index contributed by atoms with van der Waals surface area (Å²) >= 11 is 6.13. The van der Waals surface area contributed by atoms with Crippen molar-refractivity contribution in [3.05, 3.63) is 87.5 Å². The highest BCUT2D eigenvalue weighted by Gasteiger charge is 2.34. The minimum atomic E-state index is -0.436. The van der Waals surface area contributed by atoms with Gasteiger partial charge in [0.1, 0.15) is 17.6 Å². The molecule has 0 bridgehead atoms. The van der Waals surface area contributed by atoms with Crippen molar-refractivity contribution < 1.29 is 4.79 Å². The third-order valence-electron chi connectivity index (χ3n) is 6.56. The smallest absolute Gasteiger partial charge is 0.229 e. The van der Waals surface area contributed by atoms with Gasteiger partial charge in [0.2, 0.25) is 5.91 Å². The Morgan fingerprint density at radius 3 is 2.83 bits per heavy atom. The van der Waals surface area contributed by atoms with Gasteiger partial charge in [0, 0.05) is 36.9 Å². The molecule has 0 saturated carbocycles. The van der Waals surface area contributed by atoms with Gasteiger partial charge < -0.3 is 16.0 Å². The standard InChI is InChI=1S/C27H24ClN7O/c1-15-5-26(30)34-16(2)22(15)11-33-27(36)23-14-35(25-12-31-20(9-29)8-21(23)25)13-17-3-4-24-18(6-17)7-19(28)10-32-24/h3-8,10,12,23H,11,13-14H2,1-2H3,(H2,30,34)(H,33,36). The quantitative estimate of drug-likeness (QED) is 0.424. The molecule has 3 N–H and O–H groups in total. The lowest BCUT2D eigenvalue weighted by Gasteiger charge is -2.20. The summed E-state index contributed by atoms with van der Waals surface area (Å²) in [5.74, 6) is -0.0864. The fourth-order valence-corrected chi connectivity index (χ4v) is 4.95. The molecule has 3 aromatic heterocycles. The number of amides is 1. The normalized spacial score (nSPS) is 14.5. The van der Waals surface area contributed by atoms with Gasteiger partial charge in [0.15, 0.2) is 0 Å². The first-order chi connectivity index (χ1) is 17.3. The number of aromatic nitrogens is 3. The Morgan fingerprint density at radius 1 is 1.22 bits per heavy atom. The average molecular weight is 498 g/mol. The van der Waals surface area contributed by atoms with Gasteiger partial charge in [0.25, 0.3) is 0 Å². The minimum absolute atomic E-state index is 0.112. The molecule has 5 rings (SSSR count). The van der Waals surface area contributed by atoms with Crippen LogP contribution in [0.5, 0.6) is 0 Å². The van der Waals surface area contributed by atoms with Crippen LogP contribution >= 0.6 is 11.6 Å². The van der Waals surface area contributed by atoms with E-state index in [9.17, 15) is 10.1 Å². The van der Waals surface area contributed by atoms with Crippen LogP contribution < -0.4 is 16.0 Å². The highest BCUT2D eigenvalue weighted by Crippen LogP contribution is 2.37. The largest absolute Gasteiger partial charge is 0.384 e. The Hall–Kier alpha value is -4.22. The third kappa shape index (κ3) is 4.53. The molecule has 0 saturated heterocycles. The van der Waals surface area contributed by atoms with E-state index in [2.05, 4.69) is 37.3 Å². The van der Waals surface area contributed by atoms with Gasteiger partial charge in [-0.05, 0) is 66.4 Å². The van der Waals surface area contributed by atoms with Gasteiger partial charge in [-0.1, -0.05) is 17.7 Å². The molecule has 1 aromatic carbocycles. The zero-order chi connectivity index (χ0) is 25.4. The molecule has 1 unspecified atom stereocenters. The van der Waals surface area contributed by atoms with E-state index in [0.29, 0.717) is 30.5 Å². The summed E-state index contributed by atoms with van der Waals surface area (Å²) in [6, 6.07) is 13.5. The maximum absolute atomic E-state index is 13.4. The Bertz CT molecular complexity index is 1520. The number of nitriles is 1. The molecule has 4 heterocycles. The van der Waals surface area contributed by atoms with Crippen LogP contribution in [0.4, 0.5) is 11.5 Å². The number of rotatable bonds is 5. The van der Waals surface area contributed by atoms with Gasteiger partial charge in [-0.2, -0.15) is 5.26 Å². The zero-order valence-corrected chi connectivity index (χ0v) is 20.7. The SMILES string of the molecule is Cc1cc(N)nc(C)c1CNC(=O)C1CN(Cc2ccc3ncc(Cl)cc3c2)c2cnc(C#N)cc21. The summed E-state index contributed by atoms with van der Waals surface area (Å²) in [5.41, 5.74) is 12.4. The highest BCUT2D eigenvalue weighted by molar-refractivity contribution is 6.31. The van der Waals surface area contributed by atoms with Crippen LogP contribution in [0.3, 0.4) is 0 Å². The number of nitrogen functional groups attached to an aromatic ring is 1. The Labute approximate surface area is 213 Å². The molecule has 0 radical (unpaired) electrons. The summed E-state index contributed by atoms with van der Waals surface area (Å²) in [6.45, 7) is 5.24. The molecule has 4 aromatic rings. The molecule has 1 aliphatic rings. The fourth-order valence-electron chi connectivity index (χ4n) is 4.79. The number of carbonyl (C=O) groups excluding carboxylic acids is 1. The number of anilines is 2. The number of nitrogens with zero attached hydrogens (tertiary/aromatic N) is 5. The lowest BCUT2D eigenvalue weighted by Crippen LogP contribution is -2.32. The van der Waals surface area contributed by atoms with Crippen molar-refractivity contribution in [3.63, 3.8) is 0 Å². The van der Waals surface area contributed by atoms with Crippen LogP contribution in [0.15, 0.2) is 48.8 Å². The Morgan fingerprint density at radius 2 is 2.06 bits per heavy atom. The molecule has 1 atom stereocenters. The molecule has 8 nitrogen and oxygen atoms in total. The number of nitrogens with two attached hydrogens (primary N) is 1. The number of hydrogen-bond acceptors (Lipinski definition) is 7. The molecular weight excluding hydrogens is 474 g/mol. The van der Waals surface area contributed by atoms with Gasteiger partial charge in [0.05, 0.1) is 28.3 Å². The number of benzene rings is 1. The lowest BCUT2D eigenvalue weighted by molar-refractivity contribution is -0.122. The summed E-state index contributed by atoms with van der Waals surface area (Å²) < 4.78 is 0. The molecular formula is C27H24ClN7O. The fraction of sp³-hybridized carbons (Fsp3) is 0.222. The van der Waals surface area contributed by atoms with Crippen LogP contribution in [-0.2, 0) is 17.9 Å². The van der Waals surface area contributed by atoms with Gasteiger partial charge >= 0.3 is 0 Å². The number of nitrogens with one attached hydrogen (secondary N) is 1. The van der Waals surface area contributed by atoms with Crippen LogP contribution in [0, 0.1) is 25.2 Å². The number of halogens is 1. The van der Waals surface area contributed by atoms with Gasteiger partial charge in [-0.3, -0.25) is 9.78 Å². The number of hydrogen-bond donors (Lipinski definition) is 2. The van der Waals surface area contributed by atoms with Crippen molar-refractivity contribution in [2.75, 3.05) is 17.2 Å². The van der Waals surface area contributed by atoms with E-state index in [1.165, 1.54) is 0 Å². The summed E-state index contributed by atoms with van der Waals surface area (Å²) in [4.78, 5) is 28.4. The van der Waals surface area contributed by atoms with Crippen LogP contribution in [0.1, 0.15) is 39.6 Å². The first-order valence-corrected chi connectivity index (χ1v) is 11.9. The van der Waals surface area contributed by atoms with Crippen LogP contribution in [-0.4, -0.2) is 27.4 Å². The summed E-state index contributed by atoms with van der Waals surface area (Å²) in [5, 5.41) is 14.0. The maximum atomic E-state index is 13.4. The molecule has 1 amide bonds. The van der Waals surface area contributed by atoms with Crippen molar-refractivity contribution in [3.8, 4) is 6.07 Å². The predicted molar refractivity (Wildman–Crippen MR) is 139 cm³/mol. The molecule has 0 fully saturated rings. The van der Waals surface area contributed by atoms with E-state index < -0.39 is 5.92 Å². The number of pyridine rings is 3. The van der Waals surface area contributed by atoms with Gasteiger partial charge in [-0.25, -0.2) is 9.97 Å². The number of fused-ring (bicyclic) bond motifs is 2. The van der Waals surface area contributed by atoms with E-state index in [1.54, 1.807) is 24.5 Å². The molecule has 1 aliphatic heterocycles. The summed E-state index contributed by atoms with van der Waals surface area (Å²) in [6.07, 6.45) is 3.31. The maximum Gasteiger partial charge on any atom is 0.229 e. The van der Waals surface area contributed by atoms with E-state index >= 15 is 0 Å². The summed E-state index contributed by atoms with van der Waals surface area (Å²) in [7, 11) is 0. The van der Waals surface area contributed by atoms with Crippen LogP contribution in [0.25, 0.3) is 10.9 Å². The molecule has 180 valence electrons. The Balaban J connectivity index is 1.40. The van der Waals surface area contributed by atoms with Crippen molar-refractivity contribution in [1.29, 1.82) is 5.26 Å². The van der Waals surface area contributed by atoms with E-state index in [4.69, 9.17) is 17.3 Å². The van der Waals surface area contributed by atoms with E-state index in [-0.39, 0.29) is 11.6 Å². The van der Waals surface area contributed by atoms with Gasteiger partial charge in [-0.15, -0.1) is 0 Å². The van der Waals surface area contributed by atoms with E-state index in [0.717, 1.165) is 44.5 Å². The second kappa shape index (κ2) is 9.44. The van der Waals surface area contributed by atoms with Crippen LogP contribution in [0.2, 0.25) is 5.02 Å². The van der Waals surface area contributed by atoms with E-state index in [1.807, 2.05) is 32.0 Å². The Kier molecular flexibility index (Phi) is 6.17. The minimum Gasteiger partial charge on any atom is -0.384 e. The molecule has 36 heavy (non-hydrogen) atoms. The third-order valence-corrected chi connectivity index (χ3v) is 6.77. The zero-order valence-electron chi connectivity index (χ0n) is 19.9. The molecule has 9 heteroatoms. The average Bonchev–Trinajstić information content (AvgIpc) is 3.20.